The van der Waals surface area contributed by atoms with Crippen LogP contribution in [0, 0.1) is 0 Å². The molecule has 0 aliphatic heterocycles. The molecule has 0 aliphatic carbocycles. The summed E-state index contributed by atoms with van der Waals surface area (Å²) in [6.45, 7) is 0. The molecule has 0 spiro atoms. The first kappa shape index (κ1) is 10.8. The van der Waals surface area contributed by atoms with Gasteiger partial charge in [-0.15, -0.1) is 22.7 Å². The Labute approximate surface area is 123 Å². The minimum atomic E-state index is 1.08. The van der Waals surface area contributed by atoms with Crippen molar-refractivity contribution < 1.29 is 0 Å². The topological polar surface area (TPSA) is 12.9 Å². The fourth-order valence-corrected chi connectivity index (χ4v) is 5.47. The summed E-state index contributed by atoms with van der Waals surface area (Å²) in [5.41, 5.74) is 1.08. The number of hydrogen-bond acceptors (Lipinski definition) is 3. The second-order valence-electron chi connectivity index (χ2n) is 4.88. The zero-order chi connectivity index (χ0) is 13.1. The predicted octanol–water partition coefficient (Wildman–Crippen LogP) is 5.82. The largest absolute Gasteiger partial charge is 0.255 e. The molecule has 0 atom stereocenters. The molecule has 0 radical (unpaired) electrons. The van der Waals surface area contributed by atoms with Crippen molar-refractivity contribution in [1.82, 2.24) is 4.98 Å². The van der Waals surface area contributed by atoms with Gasteiger partial charge in [0.1, 0.15) is 0 Å². The van der Waals surface area contributed by atoms with Crippen molar-refractivity contribution >= 4 is 63.1 Å². The molecule has 0 fully saturated rings. The smallest absolute Gasteiger partial charge is 0.0891 e. The van der Waals surface area contributed by atoms with Crippen molar-refractivity contribution in [3.63, 3.8) is 0 Å². The minimum Gasteiger partial charge on any atom is -0.255 e. The van der Waals surface area contributed by atoms with Gasteiger partial charge in [0.05, 0.1) is 14.2 Å². The lowest BCUT2D eigenvalue weighted by atomic mass is 10.1. The number of aromatic nitrogens is 1. The number of benzene rings is 2. The Kier molecular flexibility index (Phi) is 2.04. The fourth-order valence-electron chi connectivity index (χ4n) is 2.89. The SMILES string of the molecule is c1ccc2c(c1)ncc1sc3sc4ccccc4c3c12. The van der Waals surface area contributed by atoms with Crippen LogP contribution >= 0.6 is 22.7 Å². The van der Waals surface area contributed by atoms with Crippen LogP contribution in [0.3, 0.4) is 0 Å². The van der Waals surface area contributed by atoms with Gasteiger partial charge in [0.15, 0.2) is 0 Å². The van der Waals surface area contributed by atoms with Crippen molar-refractivity contribution in [3.05, 3.63) is 54.7 Å². The number of para-hydroxylation sites is 1. The van der Waals surface area contributed by atoms with Crippen molar-refractivity contribution in [2.45, 2.75) is 0 Å². The Balaban J connectivity index is 2.17. The van der Waals surface area contributed by atoms with E-state index in [0.717, 1.165) is 5.52 Å². The van der Waals surface area contributed by atoms with Crippen LogP contribution in [0.5, 0.6) is 0 Å². The average molecular weight is 291 g/mol. The van der Waals surface area contributed by atoms with E-state index in [1.165, 1.54) is 35.0 Å². The fraction of sp³-hybridized carbons (Fsp3) is 0. The highest BCUT2D eigenvalue weighted by molar-refractivity contribution is 7.44. The van der Waals surface area contributed by atoms with Crippen molar-refractivity contribution in [1.29, 1.82) is 0 Å². The zero-order valence-corrected chi connectivity index (χ0v) is 12.1. The lowest BCUT2D eigenvalue weighted by molar-refractivity contribution is 1.46. The molecule has 5 rings (SSSR count). The normalized spacial score (nSPS) is 12.0. The number of pyridine rings is 1. The highest BCUT2D eigenvalue weighted by Crippen LogP contribution is 2.45. The maximum Gasteiger partial charge on any atom is 0.0891 e. The van der Waals surface area contributed by atoms with Crippen molar-refractivity contribution in [3.8, 4) is 0 Å². The van der Waals surface area contributed by atoms with Gasteiger partial charge in [-0.2, -0.15) is 0 Å². The molecule has 0 aliphatic rings. The molecule has 0 saturated heterocycles. The van der Waals surface area contributed by atoms with Crippen LogP contribution in [0.4, 0.5) is 0 Å². The summed E-state index contributed by atoms with van der Waals surface area (Å²) < 4.78 is 4.06. The van der Waals surface area contributed by atoms with Crippen LogP contribution in [-0.4, -0.2) is 4.98 Å². The van der Waals surface area contributed by atoms with E-state index in [4.69, 9.17) is 0 Å². The van der Waals surface area contributed by atoms with Crippen LogP contribution in [0.1, 0.15) is 0 Å². The van der Waals surface area contributed by atoms with Crippen molar-refractivity contribution in [2.24, 2.45) is 0 Å². The molecule has 0 bridgehead atoms. The third-order valence-corrected chi connectivity index (χ3v) is 6.14. The van der Waals surface area contributed by atoms with Gasteiger partial charge in [-0.05, 0) is 12.1 Å². The quantitative estimate of drug-likeness (QED) is 0.350. The first-order valence-electron chi connectivity index (χ1n) is 6.49. The second-order valence-corrected chi connectivity index (χ2v) is 7.24. The summed E-state index contributed by atoms with van der Waals surface area (Å²) in [7, 11) is 0. The summed E-state index contributed by atoms with van der Waals surface area (Å²) >= 11 is 3.74. The number of fused-ring (bicyclic) bond motifs is 7. The Morgan fingerprint density at radius 1 is 0.700 bits per heavy atom. The molecule has 2 aromatic carbocycles. The van der Waals surface area contributed by atoms with Crippen LogP contribution in [0.25, 0.3) is 40.5 Å². The van der Waals surface area contributed by atoms with E-state index in [0.29, 0.717) is 0 Å². The summed E-state index contributed by atoms with van der Waals surface area (Å²) in [4.78, 5) is 4.58. The molecule has 0 N–H and O–H groups in total. The molecule has 94 valence electrons. The molecule has 0 amide bonds. The van der Waals surface area contributed by atoms with Crippen LogP contribution in [0.15, 0.2) is 54.7 Å². The van der Waals surface area contributed by atoms with E-state index < -0.39 is 0 Å². The summed E-state index contributed by atoms with van der Waals surface area (Å²) in [6.07, 6.45) is 2.02. The molecule has 1 nitrogen and oxygen atoms in total. The Morgan fingerprint density at radius 3 is 2.40 bits per heavy atom. The molecule has 0 saturated carbocycles. The molecule has 5 aromatic rings. The molecule has 0 unspecified atom stereocenters. The first-order valence-corrected chi connectivity index (χ1v) is 8.12. The van der Waals surface area contributed by atoms with Gasteiger partial charge in [0.25, 0.3) is 0 Å². The third kappa shape index (κ3) is 1.29. The number of nitrogens with zero attached hydrogens (tertiary/aromatic N) is 1. The second kappa shape index (κ2) is 3.78. The highest BCUT2D eigenvalue weighted by Gasteiger charge is 2.14. The van der Waals surface area contributed by atoms with Crippen LogP contribution in [-0.2, 0) is 0 Å². The van der Waals surface area contributed by atoms with Gasteiger partial charge in [0, 0.05) is 32.4 Å². The number of hydrogen-bond donors (Lipinski definition) is 0. The Bertz CT molecular complexity index is 1100. The van der Waals surface area contributed by atoms with E-state index in [1.54, 1.807) is 0 Å². The monoisotopic (exact) mass is 291 g/mol. The van der Waals surface area contributed by atoms with E-state index in [-0.39, 0.29) is 0 Å². The van der Waals surface area contributed by atoms with Crippen LogP contribution in [0.2, 0.25) is 0 Å². The standard InChI is InChI=1S/C17H9NS2/c1-3-7-12-10(5-1)15-14(9-18-12)20-17-16(15)11-6-2-4-8-13(11)19-17/h1-9H. The van der Waals surface area contributed by atoms with Gasteiger partial charge in [-0.25, -0.2) is 0 Å². The first-order chi connectivity index (χ1) is 9.92. The molecule has 3 aromatic heterocycles. The Hall–Kier alpha value is -1.97. The summed E-state index contributed by atoms with van der Waals surface area (Å²) in [5.74, 6) is 0. The Morgan fingerprint density at radius 2 is 1.45 bits per heavy atom. The van der Waals surface area contributed by atoms with Gasteiger partial charge in [0.2, 0.25) is 0 Å². The average Bonchev–Trinajstić information content (AvgIpc) is 3.02. The maximum atomic E-state index is 4.58. The van der Waals surface area contributed by atoms with E-state index >= 15 is 0 Å². The van der Waals surface area contributed by atoms with Crippen LogP contribution < -0.4 is 0 Å². The lowest BCUT2D eigenvalue weighted by Crippen LogP contribution is -1.77. The number of thiophene rings is 2. The van der Waals surface area contributed by atoms with Gasteiger partial charge in [-0.3, -0.25) is 4.98 Å². The third-order valence-electron chi connectivity index (χ3n) is 3.76. The lowest BCUT2D eigenvalue weighted by Gasteiger charge is -1.99. The summed E-state index contributed by atoms with van der Waals surface area (Å²) in [6, 6.07) is 17.1. The minimum absolute atomic E-state index is 1.08. The van der Waals surface area contributed by atoms with E-state index in [2.05, 4.69) is 53.5 Å². The van der Waals surface area contributed by atoms with E-state index in [9.17, 15) is 0 Å². The van der Waals surface area contributed by atoms with Crippen molar-refractivity contribution in [2.75, 3.05) is 0 Å². The zero-order valence-electron chi connectivity index (χ0n) is 10.5. The molecule has 3 heteroatoms. The van der Waals surface area contributed by atoms with Gasteiger partial charge >= 0.3 is 0 Å². The predicted molar refractivity (Wildman–Crippen MR) is 90.0 cm³/mol. The number of rotatable bonds is 0. The summed E-state index contributed by atoms with van der Waals surface area (Å²) in [5, 5.41) is 5.41. The highest BCUT2D eigenvalue weighted by atomic mass is 32.2. The van der Waals surface area contributed by atoms with Gasteiger partial charge < -0.3 is 0 Å². The molecular formula is C17H9NS2. The molecule has 20 heavy (non-hydrogen) atoms. The van der Waals surface area contributed by atoms with Gasteiger partial charge in [-0.1, -0.05) is 36.4 Å². The maximum absolute atomic E-state index is 4.58. The van der Waals surface area contributed by atoms with E-state index in [1.807, 2.05) is 28.9 Å². The molecular weight excluding hydrogens is 282 g/mol. The molecule has 3 heterocycles.